The van der Waals surface area contributed by atoms with Crippen LogP contribution in [0.2, 0.25) is 0 Å². The summed E-state index contributed by atoms with van der Waals surface area (Å²) in [5.74, 6) is 0.185. The number of aromatic nitrogens is 4. The zero-order chi connectivity index (χ0) is 16.5. The molecule has 2 heterocycles. The highest BCUT2D eigenvalue weighted by Crippen LogP contribution is 2.31. The van der Waals surface area contributed by atoms with Gasteiger partial charge >= 0.3 is 0 Å². The van der Waals surface area contributed by atoms with Crippen LogP contribution >= 0.6 is 0 Å². The van der Waals surface area contributed by atoms with E-state index < -0.39 is 0 Å². The lowest BCUT2D eigenvalue weighted by Crippen LogP contribution is -2.00. The maximum Gasteiger partial charge on any atom is 0.150 e. The van der Waals surface area contributed by atoms with Crippen molar-refractivity contribution in [3.05, 3.63) is 72.4 Å². The van der Waals surface area contributed by atoms with E-state index in [4.69, 9.17) is 0 Å². The lowest BCUT2D eigenvalue weighted by molar-refractivity contribution is 0.637. The molecule has 0 radical (unpaired) electrons. The smallest absolute Gasteiger partial charge is 0.150 e. The van der Waals surface area contributed by atoms with Gasteiger partial charge in [0.25, 0.3) is 0 Å². The standard InChI is InChI=1S/C19H13FN4/c1-12-22-18(13-6-3-2-4-7-13)19(24-23-12)15-10-14-8-5-9-21-17(14)16(20)11-15/h2-11H,1H3. The van der Waals surface area contributed by atoms with Crippen LogP contribution in [0.15, 0.2) is 60.8 Å². The van der Waals surface area contributed by atoms with E-state index in [9.17, 15) is 4.39 Å². The van der Waals surface area contributed by atoms with Crippen molar-refractivity contribution in [3.63, 3.8) is 0 Å². The zero-order valence-electron chi connectivity index (χ0n) is 12.9. The van der Waals surface area contributed by atoms with Crippen molar-refractivity contribution in [1.29, 1.82) is 0 Å². The molecule has 0 bridgehead atoms. The molecule has 5 heteroatoms. The molecule has 0 unspecified atom stereocenters. The second-order valence-electron chi connectivity index (χ2n) is 5.46. The van der Waals surface area contributed by atoms with E-state index in [1.165, 1.54) is 6.07 Å². The molecular weight excluding hydrogens is 303 g/mol. The Morgan fingerprint density at radius 3 is 2.50 bits per heavy atom. The summed E-state index contributed by atoms with van der Waals surface area (Å²) < 4.78 is 14.4. The number of halogens is 1. The van der Waals surface area contributed by atoms with Crippen molar-refractivity contribution < 1.29 is 4.39 Å². The number of pyridine rings is 1. The van der Waals surface area contributed by atoms with Gasteiger partial charge in [-0.2, -0.15) is 0 Å². The first-order chi connectivity index (χ1) is 11.7. The third-order valence-corrected chi connectivity index (χ3v) is 3.77. The Labute approximate surface area is 138 Å². The van der Waals surface area contributed by atoms with E-state index in [-0.39, 0.29) is 5.82 Å². The van der Waals surface area contributed by atoms with Gasteiger partial charge in [-0.25, -0.2) is 9.37 Å². The lowest BCUT2D eigenvalue weighted by atomic mass is 10.0. The van der Waals surface area contributed by atoms with Crippen molar-refractivity contribution in [2.45, 2.75) is 6.92 Å². The van der Waals surface area contributed by atoms with Crippen LogP contribution in [-0.2, 0) is 0 Å². The van der Waals surface area contributed by atoms with Crippen LogP contribution in [0.4, 0.5) is 4.39 Å². The van der Waals surface area contributed by atoms with E-state index in [0.29, 0.717) is 33.7 Å². The first-order valence-electron chi connectivity index (χ1n) is 7.54. The largest absolute Gasteiger partial charge is 0.253 e. The van der Waals surface area contributed by atoms with Crippen LogP contribution in [0.5, 0.6) is 0 Å². The van der Waals surface area contributed by atoms with Crippen molar-refractivity contribution in [1.82, 2.24) is 20.2 Å². The summed E-state index contributed by atoms with van der Waals surface area (Å²) in [5, 5.41) is 9.04. The fourth-order valence-electron chi connectivity index (χ4n) is 2.68. The van der Waals surface area contributed by atoms with Crippen molar-refractivity contribution in [3.8, 4) is 22.5 Å². The fourth-order valence-corrected chi connectivity index (χ4v) is 2.68. The van der Waals surface area contributed by atoms with Gasteiger partial charge in [-0.1, -0.05) is 36.4 Å². The Bertz CT molecular complexity index is 1030. The molecule has 0 aliphatic heterocycles. The summed E-state index contributed by atoms with van der Waals surface area (Å²) >= 11 is 0. The first kappa shape index (κ1) is 14.4. The molecule has 2 aromatic heterocycles. The van der Waals surface area contributed by atoms with E-state index in [0.717, 1.165) is 5.56 Å². The minimum Gasteiger partial charge on any atom is -0.253 e. The average Bonchev–Trinajstić information content (AvgIpc) is 2.62. The minimum absolute atomic E-state index is 0.343. The Hall–Kier alpha value is -3.21. The molecule has 0 fully saturated rings. The van der Waals surface area contributed by atoms with Crippen LogP contribution in [0.3, 0.4) is 0 Å². The van der Waals surface area contributed by atoms with E-state index in [1.807, 2.05) is 42.5 Å². The van der Waals surface area contributed by atoms with Gasteiger partial charge in [0, 0.05) is 22.7 Å². The van der Waals surface area contributed by atoms with Gasteiger partial charge < -0.3 is 0 Å². The Morgan fingerprint density at radius 1 is 0.833 bits per heavy atom. The number of fused-ring (bicyclic) bond motifs is 1. The molecule has 0 atom stereocenters. The predicted molar refractivity (Wildman–Crippen MR) is 90.7 cm³/mol. The maximum absolute atomic E-state index is 14.4. The van der Waals surface area contributed by atoms with Crippen LogP contribution in [0, 0.1) is 12.7 Å². The number of hydrogen-bond donors (Lipinski definition) is 0. The van der Waals surface area contributed by atoms with Gasteiger partial charge in [-0.15, -0.1) is 10.2 Å². The molecule has 0 saturated carbocycles. The molecule has 116 valence electrons. The topological polar surface area (TPSA) is 51.6 Å². The third kappa shape index (κ3) is 2.50. The van der Waals surface area contributed by atoms with Gasteiger partial charge in [0.05, 0.1) is 0 Å². The van der Waals surface area contributed by atoms with Gasteiger partial charge in [-0.3, -0.25) is 4.98 Å². The molecule has 0 N–H and O–H groups in total. The number of rotatable bonds is 2. The molecule has 4 nitrogen and oxygen atoms in total. The van der Waals surface area contributed by atoms with Crippen molar-refractivity contribution in [2.75, 3.05) is 0 Å². The van der Waals surface area contributed by atoms with Crippen LogP contribution in [-0.4, -0.2) is 20.2 Å². The lowest BCUT2D eigenvalue weighted by Gasteiger charge is -2.09. The molecule has 4 rings (SSSR count). The van der Waals surface area contributed by atoms with Gasteiger partial charge in [0.1, 0.15) is 28.5 Å². The van der Waals surface area contributed by atoms with E-state index in [2.05, 4.69) is 20.2 Å². The Kier molecular flexibility index (Phi) is 3.46. The van der Waals surface area contributed by atoms with Crippen molar-refractivity contribution in [2.24, 2.45) is 0 Å². The van der Waals surface area contributed by atoms with Gasteiger partial charge in [-0.05, 0) is 25.1 Å². The highest BCUT2D eigenvalue weighted by atomic mass is 19.1. The summed E-state index contributed by atoms with van der Waals surface area (Å²) in [7, 11) is 0. The molecule has 2 aromatic carbocycles. The molecule has 0 aliphatic carbocycles. The van der Waals surface area contributed by atoms with Crippen LogP contribution < -0.4 is 0 Å². The van der Waals surface area contributed by atoms with Gasteiger partial charge in [0.15, 0.2) is 0 Å². The second-order valence-corrected chi connectivity index (χ2v) is 5.46. The SMILES string of the molecule is Cc1nnc(-c2cc(F)c3ncccc3c2)c(-c2ccccc2)n1. The van der Waals surface area contributed by atoms with E-state index >= 15 is 0 Å². The molecular formula is C19H13FN4. The summed E-state index contributed by atoms with van der Waals surface area (Å²) in [4.78, 5) is 8.60. The summed E-state index contributed by atoms with van der Waals surface area (Å²) in [6, 6.07) is 16.6. The number of hydrogen-bond acceptors (Lipinski definition) is 4. The number of benzene rings is 2. The summed E-state index contributed by atoms with van der Waals surface area (Å²) in [5.41, 5.74) is 3.13. The molecule has 4 aromatic rings. The average molecular weight is 316 g/mol. The predicted octanol–water partition coefficient (Wildman–Crippen LogP) is 4.20. The maximum atomic E-state index is 14.4. The molecule has 0 saturated heterocycles. The van der Waals surface area contributed by atoms with Crippen molar-refractivity contribution >= 4 is 10.9 Å². The highest BCUT2D eigenvalue weighted by molar-refractivity contribution is 5.87. The third-order valence-electron chi connectivity index (χ3n) is 3.77. The van der Waals surface area contributed by atoms with Crippen LogP contribution in [0.25, 0.3) is 33.4 Å². The molecule has 0 aliphatic rings. The fraction of sp³-hybridized carbons (Fsp3) is 0.0526. The summed E-state index contributed by atoms with van der Waals surface area (Å²) in [6.07, 6.45) is 1.58. The van der Waals surface area contributed by atoms with E-state index in [1.54, 1.807) is 19.2 Å². The highest BCUT2D eigenvalue weighted by Gasteiger charge is 2.15. The first-order valence-corrected chi connectivity index (χ1v) is 7.54. The summed E-state index contributed by atoms with van der Waals surface area (Å²) in [6.45, 7) is 1.79. The minimum atomic E-state index is -0.385. The quantitative estimate of drug-likeness (QED) is 0.556. The van der Waals surface area contributed by atoms with Crippen LogP contribution in [0.1, 0.15) is 5.82 Å². The number of nitrogens with zero attached hydrogens (tertiary/aromatic N) is 4. The number of aryl methyl sites for hydroxylation is 1. The zero-order valence-corrected chi connectivity index (χ0v) is 12.9. The second kappa shape index (κ2) is 5.77. The monoisotopic (exact) mass is 316 g/mol. The normalized spacial score (nSPS) is 10.9. The molecule has 24 heavy (non-hydrogen) atoms. The Morgan fingerprint density at radius 2 is 1.67 bits per heavy atom. The van der Waals surface area contributed by atoms with Gasteiger partial charge in [0.2, 0.25) is 0 Å². The molecule has 0 amide bonds. The molecule has 0 spiro atoms. The Balaban J connectivity index is 1.97.